The fourth-order valence-electron chi connectivity index (χ4n) is 2.93. The van der Waals surface area contributed by atoms with Gasteiger partial charge in [0.1, 0.15) is 24.3 Å². The first kappa shape index (κ1) is 17.2. The zero-order valence-corrected chi connectivity index (χ0v) is 14.4. The smallest absolute Gasteiger partial charge is 0.129 e. The van der Waals surface area contributed by atoms with Gasteiger partial charge in [-0.05, 0) is 54.3 Å². The molecule has 2 nitrogen and oxygen atoms in total. The van der Waals surface area contributed by atoms with E-state index in [1.807, 2.05) is 50.2 Å². The van der Waals surface area contributed by atoms with Crippen molar-refractivity contribution >= 4 is 0 Å². The van der Waals surface area contributed by atoms with Crippen LogP contribution in [-0.2, 0) is 6.61 Å². The molecule has 0 saturated heterocycles. The number of rotatable bonds is 5. The van der Waals surface area contributed by atoms with E-state index in [4.69, 9.17) is 4.74 Å². The van der Waals surface area contributed by atoms with Crippen molar-refractivity contribution < 1.29 is 14.2 Å². The Bertz CT molecular complexity index is 819. The van der Waals surface area contributed by atoms with Gasteiger partial charge in [0, 0.05) is 5.56 Å². The maximum Gasteiger partial charge on any atom is 0.129 e. The summed E-state index contributed by atoms with van der Waals surface area (Å²) in [5.41, 5.74) is 3.63. The molecule has 0 amide bonds. The number of aliphatic hydroxyl groups excluding tert-OH is 1. The van der Waals surface area contributed by atoms with E-state index in [0.717, 1.165) is 16.7 Å². The fraction of sp³-hybridized carbons (Fsp3) is 0.182. The highest BCUT2D eigenvalue weighted by Crippen LogP contribution is 2.29. The molecule has 3 aromatic carbocycles. The van der Waals surface area contributed by atoms with Gasteiger partial charge >= 0.3 is 0 Å². The largest absolute Gasteiger partial charge is 0.489 e. The van der Waals surface area contributed by atoms with Crippen LogP contribution in [0.1, 0.15) is 33.9 Å². The Kier molecular flexibility index (Phi) is 5.15. The van der Waals surface area contributed by atoms with E-state index in [1.165, 1.54) is 6.07 Å². The normalized spacial score (nSPS) is 12.0. The molecule has 128 valence electrons. The number of benzene rings is 3. The molecule has 1 unspecified atom stereocenters. The molecule has 3 heteroatoms. The summed E-state index contributed by atoms with van der Waals surface area (Å²) in [4.78, 5) is 0. The van der Waals surface area contributed by atoms with Crippen molar-refractivity contribution in [2.45, 2.75) is 26.6 Å². The molecule has 0 aliphatic heterocycles. The molecular weight excluding hydrogens is 315 g/mol. The van der Waals surface area contributed by atoms with Gasteiger partial charge < -0.3 is 9.84 Å². The van der Waals surface area contributed by atoms with E-state index in [-0.39, 0.29) is 5.82 Å². The molecule has 0 radical (unpaired) electrons. The zero-order chi connectivity index (χ0) is 17.8. The second-order valence-corrected chi connectivity index (χ2v) is 6.22. The third-order valence-corrected chi connectivity index (χ3v) is 4.20. The molecule has 3 rings (SSSR count). The molecule has 0 aliphatic carbocycles. The van der Waals surface area contributed by atoms with Gasteiger partial charge in [0.2, 0.25) is 0 Å². The van der Waals surface area contributed by atoms with Crippen LogP contribution in [0.5, 0.6) is 5.75 Å². The Morgan fingerprint density at radius 1 is 0.960 bits per heavy atom. The van der Waals surface area contributed by atoms with Crippen molar-refractivity contribution in [1.29, 1.82) is 0 Å². The number of aryl methyl sites for hydroxylation is 2. The molecule has 1 N–H and O–H groups in total. The van der Waals surface area contributed by atoms with Crippen LogP contribution >= 0.6 is 0 Å². The highest BCUT2D eigenvalue weighted by Gasteiger charge is 2.18. The first-order valence-electron chi connectivity index (χ1n) is 8.26. The van der Waals surface area contributed by atoms with Crippen molar-refractivity contribution in [3.05, 3.63) is 100 Å². The summed E-state index contributed by atoms with van der Waals surface area (Å²) >= 11 is 0. The summed E-state index contributed by atoms with van der Waals surface area (Å²) in [5.74, 6) is 0.329. The van der Waals surface area contributed by atoms with Crippen LogP contribution in [0, 0.1) is 19.7 Å². The van der Waals surface area contributed by atoms with Gasteiger partial charge in [0.25, 0.3) is 0 Å². The maximum absolute atomic E-state index is 14.3. The topological polar surface area (TPSA) is 29.5 Å². The quantitative estimate of drug-likeness (QED) is 0.702. The molecule has 0 fully saturated rings. The van der Waals surface area contributed by atoms with Crippen LogP contribution in [0.25, 0.3) is 0 Å². The average Bonchev–Trinajstić information content (AvgIpc) is 2.60. The van der Waals surface area contributed by atoms with Crippen LogP contribution in [-0.4, -0.2) is 5.11 Å². The van der Waals surface area contributed by atoms with E-state index >= 15 is 0 Å². The first-order valence-corrected chi connectivity index (χ1v) is 8.26. The first-order chi connectivity index (χ1) is 12.0. The molecular formula is C22H21FO2. The third kappa shape index (κ3) is 4.06. The summed E-state index contributed by atoms with van der Waals surface area (Å²) in [5, 5.41) is 10.6. The minimum atomic E-state index is -0.997. The van der Waals surface area contributed by atoms with Gasteiger partial charge in [-0.3, -0.25) is 0 Å². The summed E-state index contributed by atoms with van der Waals surface area (Å²) in [6, 6.07) is 20.3. The van der Waals surface area contributed by atoms with E-state index in [1.54, 1.807) is 24.3 Å². The van der Waals surface area contributed by atoms with Crippen molar-refractivity contribution in [3.63, 3.8) is 0 Å². The minimum absolute atomic E-state index is 0.323. The van der Waals surface area contributed by atoms with Crippen LogP contribution in [0.3, 0.4) is 0 Å². The predicted molar refractivity (Wildman–Crippen MR) is 97.2 cm³/mol. The van der Waals surface area contributed by atoms with E-state index in [2.05, 4.69) is 0 Å². The van der Waals surface area contributed by atoms with Crippen molar-refractivity contribution in [2.24, 2.45) is 0 Å². The molecule has 1 atom stereocenters. The Labute approximate surface area is 147 Å². The number of halogens is 1. The number of hydrogen-bond donors (Lipinski definition) is 1. The Morgan fingerprint density at radius 3 is 2.28 bits per heavy atom. The molecule has 0 heterocycles. The second kappa shape index (κ2) is 7.49. The second-order valence-electron chi connectivity index (χ2n) is 6.22. The Balaban J connectivity index is 1.74. The van der Waals surface area contributed by atoms with Gasteiger partial charge in [-0.2, -0.15) is 0 Å². The predicted octanol–water partition coefficient (Wildman–Crippen LogP) is 5.10. The Morgan fingerprint density at radius 2 is 1.64 bits per heavy atom. The molecule has 3 aromatic rings. The third-order valence-electron chi connectivity index (χ3n) is 4.20. The van der Waals surface area contributed by atoms with Crippen molar-refractivity contribution in [1.82, 2.24) is 0 Å². The molecule has 0 bridgehead atoms. The summed E-state index contributed by atoms with van der Waals surface area (Å²) in [6.45, 7) is 4.13. The average molecular weight is 336 g/mol. The van der Waals surface area contributed by atoms with Gasteiger partial charge in [-0.25, -0.2) is 4.39 Å². The van der Waals surface area contributed by atoms with E-state index in [9.17, 15) is 9.50 Å². The van der Waals surface area contributed by atoms with Gasteiger partial charge in [0.15, 0.2) is 0 Å². The van der Waals surface area contributed by atoms with E-state index < -0.39 is 6.10 Å². The molecule has 0 aliphatic rings. The number of hydrogen-bond acceptors (Lipinski definition) is 2. The summed E-state index contributed by atoms with van der Waals surface area (Å²) in [6.07, 6.45) is -0.997. The minimum Gasteiger partial charge on any atom is -0.489 e. The summed E-state index contributed by atoms with van der Waals surface area (Å²) in [7, 11) is 0. The van der Waals surface area contributed by atoms with E-state index in [0.29, 0.717) is 23.5 Å². The van der Waals surface area contributed by atoms with Gasteiger partial charge in [-0.15, -0.1) is 0 Å². The van der Waals surface area contributed by atoms with Crippen LogP contribution < -0.4 is 4.74 Å². The fourth-order valence-corrected chi connectivity index (χ4v) is 2.93. The summed E-state index contributed by atoms with van der Waals surface area (Å²) < 4.78 is 20.0. The number of aliphatic hydroxyl groups is 1. The molecule has 0 saturated carbocycles. The van der Waals surface area contributed by atoms with Gasteiger partial charge in [-0.1, -0.05) is 48.5 Å². The molecule has 0 spiro atoms. The highest BCUT2D eigenvalue weighted by molar-refractivity contribution is 5.40. The maximum atomic E-state index is 14.3. The SMILES string of the molecule is Cc1cc(C)c(C(O)c2ccc(OCc3ccccc3)cc2)c(F)c1. The van der Waals surface area contributed by atoms with Crippen molar-refractivity contribution in [2.75, 3.05) is 0 Å². The van der Waals surface area contributed by atoms with Crippen LogP contribution in [0.15, 0.2) is 66.7 Å². The lowest BCUT2D eigenvalue weighted by molar-refractivity contribution is 0.214. The van der Waals surface area contributed by atoms with Crippen LogP contribution in [0.4, 0.5) is 4.39 Å². The lowest BCUT2D eigenvalue weighted by Crippen LogP contribution is -2.06. The number of ether oxygens (including phenoxy) is 1. The van der Waals surface area contributed by atoms with Crippen molar-refractivity contribution in [3.8, 4) is 5.75 Å². The lowest BCUT2D eigenvalue weighted by atomic mass is 9.95. The molecule has 0 aromatic heterocycles. The monoisotopic (exact) mass is 336 g/mol. The molecule has 25 heavy (non-hydrogen) atoms. The van der Waals surface area contributed by atoms with Gasteiger partial charge in [0.05, 0.1) is 0 Å². The lowest BCUT2D eigenvalue weighted by Gasteiger charge is -2.16. The Hall–Kier alpha value is -2.65. The zero-order valence-electron chi connectivity index (χ0n) is 14.4. The van der Waals surface area contributed by atoms with Crippen LogP contribution in [0.2, 0.25) is 0 Å². The highest BCUT2D eigenvalue weighted by atomic mass is 19.1. The standard InChI is InChI=1S/C22H21FO2/c1-15-12-16(2)21(20(23)13-15)22(24)18-8-10-19(11-9-18)25-14-17-6-4-3-5-7-17/h3-13,22,24H,14H2,1-2H3.